The number of para-hydroxylation sites is 1. The highest BCUT2D eigenvalue weighted by atomic mass is 16.3. The zero-order valence-electron chi connectivity index (χ0n) is 28.4. The van der Waals surface area contributed by atoms with Crippen molar-refractivity contribution < 1.29 is 4.42 Å². The van der Waals surface area contributed by atoms with Gasteiger partial charge in [-0.05, 0) is 98.6 Å². The molecule has 0 saturated heterocycles. The largest absolute Gasteiger partial charge is 0.455 e. The van der Waals surface area contributed by atoms with Crippen LogP contribution >= 0.6 is 0 Å². The highest BCUT2D eigenvalue weighted by molar-refractivity contribution is 6.15. The van der Waals surface area contributed by atoms with Gasteiger partial charge in [0.2, 0.25) is 0 Å². The van der Waals surface area contributed by atoms with Crippen molar-refractivity contribution in [3.8, 4) is 33.4 Å². The molecular formula is C50H33NO. The molecule has 0 N–H and O–H groups in total. The zero-order valence-corrected chi connectivity index (χ0v) is 28.4. The standard InChI is InChI=1S/C50H33NO/c1-2-10-34(11-3-1)36-20-26-42(27-21-36)51(43-28-22-37(23-29-43)40-19-18-35-12-4-5-14-39(35)32-40)48-17-9-8-15-44(48)41-25-30-46-47-31-24-38-13-6-7-16-45(38)50(47)52-49(46)33-41/h1-33H. The molecule has 0 radical (unpaired) electrons. The molecule has 10 rings (SSSR count). The minimum atomic E-state index is 0.886. The third-order valence-electron chi connectivity index (χ3n) is 10.3. The first-order chi connectivity index (χ1) is 25.8. The lowest BCUT2D eigenvalue weighted by Crippen LogP contribution is -2.11. The van der Waals surface area contributed by atoms with Crippen LogP contribution in [0.15, 0.2) is 205 Å². The summed E-state index contributed by atoms with van der Waals surface area (Å²) in [7, 11) is 0. The van der Waals surface area contributed by atoms with Crippen LogP contribution in [0.5, 0.6) is 0 Å². The Morgan fingerprint density at radius 1 is 0.327 bits per heavy atom. The highest BCUT2D eigenvalue weighted by Crippen LogP contribution is 2.43. The summed E-state index contributed by atoms with van der Waals surface area (Å²) >= 11 is 0. The fraction of sp³-hybridized carbons (Fsp3) is 0. The number of hydrogen-bond donors (Lipinski definition) is 0. The molecule has 0 fully saturated rings. The molecule has 0 amide bonds. The number of fused-ring (bicyclic) bond motifs is 6. The monoisotopic (exact) mass is 663 g/mol. The zero-order chi connectivity index (χ0) is 34.4. The molecule has 1 aromatic heterocycles. The average molecular weight is 664 g/mol. The maximum atomic E-state index is 6.62. The first-order valence-electron chi connectivity index (χ1n) is 17.8. The van der Waals surface area contributed by atoms with E-state index in [2.05, 4.69) is 205 Å². The lowest BCUT2D eigenvalue weighted by Gasteiger charge is -2.28. The van der Waals surface area contributed by atoms with Crippen LogP contribution < -0.4 is 4.90 Å². The molecule has 2 nitrogen and oxygen atoms in total. The van der Waals surface area contributed by atoms with E-state index in [9.17, 15) is 0 Å². The molecule has 0 unspecified atom stereocenters. The lowest BCUT2D eigenvalue weighted by atomic mass is 9.98. The lowest BCUT2D eigenvalue weighted by molar-refractivity contribution is 0.673. The van der Waals surface area contributed by atoms with E-state index < -0.39 is 0 Å². The number of furan rings is 1. The number of nitrogens with zero attached hydrogens (tertiary/aromatic N) is 1. The number of anilines is 3. The second-order valence-electron chi connectivity index (χ2n) is 13.4. The Hall–Kier alpha value is -6.90. The van der Waals surface area contributed by atoms with E-state index in [-0.39, 0.29) is 0 Å². The van der Waals surface area contributed by atoms with Gasteiger partial charge in [-0.25, -0.2) is 0 Å². The maximum Gasteiger partial charge on any atom is 0.143 e. The quantitative estimate of drug-likeness (QED) is 0.176. The summed E-state index contributed by atoms with van der Waals surface area (Å²) in [5.41, 5.74) is 12.1. The minimum absolute atomic E-state index is 0.886. The topological polar surface area (TPSA) is 16.4 Å². The third-order valence-corrected chi connectivity index (χ3v) is 10.3. The molecule has 0 aliphatic heterocycles. The van der Waals surface area contributed by atoms with E-state index in [1.54, 1.807) is 0 Å². The molecule has 2 heteroatoms. The van der Waals surface area contributed by atoms with Crippen LogP contribution in [0.1, 0.15) is 0 Å². The summed E-state index contributed by atoms with van der Waals surface area (Å²) < 4.78 is 6.62. The van der Waals surface area contributed by atoms with Gasteiger partial charge in [-0.3, -0.25) is 0 Å². The second kappa shape index (κ2) is 12.5. The normalized spacial score (nSPS) is 11.5. The van der Waals surface area contributed by atoms with Gasteiger partial charge in [0, 0.05) is 33.1 Å². The molecule has 0 saturated carbocycles. The number of rotatable bonds is 6. The van der Waals surface area contributed by atoms with Gasteiger partial charge >= 0.3 is 0 Å². The number of benzene rings is 9. The molecule has 0 aliphatic rings. The van der Waals surface area contributed by atoms with Gasteiger partial charge < -0.3 is 9.32 Å². The van der Waals surface area contributed by atoms with Crippen LogP contribution in [-0.4, -0.2) is 0 Å². The van der Waals surface area contributed by atoms with Crippen LogP contribution in [0.25, 0.3) is 76.9 Å². The van der Waals surface area contributed by atoms with Crippen molar-refractivity contribution in [2.75, 3.05) is 4.90 Å². The van der Waals surface area contributed by atoms with Gasteiger partial charge in [0.05, 0.1) is 5.69 Å². The first kappa shape index (κ1) is 30.0. The van der Waals surface area contributed by atoms with Gasteiger partial charge in [-0.1, -0.05) is 146 Å². The summed E-state index contributed by atoms with van der Waals surface area (Å²) in [6.07, 6.45) is 0. The molecule has 9 aromatic carbocycles. The van der Waals surface area contributed by atoms with Crippen LogP contribution in [0.4, 0.5) is 17.1 Å². The van der Waals surface area contributed by atoms with Crippen molar-refractivity contribution in [1.82, 2.24) is 0 Å². The summed E-state index contributed by atoms with van der Waals surface area (Å²) in [4.78, 5) is 2.37. The Kier molecular flexibility index (Phi) is 7.18. The van der Waals surface area contributed by atoms with E-state index >= 15 is 0 Å². The molecule has 10 aromatic rings. The SMILES string of the molecule is c1ccc(-c2ccc(N(c3ccc(-c4ccc5ccccc5c4)cc3)c3ccccc3-c3ccc4c(c3)oc3c5ccccc5ccc43)cc2)cc1. The van der Waals surface area contributed by atoms with Gasteiger partial charge in [0.1, 0.15) is 11.2 Å². The summed E-state index contributed by atoms with van der Waals surface area (Å²) in [6.45, 7) is 0. The van der Waals surface area contributed by atoms with E-state index in [1.165, 1.54) is 38.4 Å². The average Bonchev–Trinajstić information content (AvgIpc) is 3.60. The van der Waals surface area contributed by atoms with Crippen molar-refractivity contribution in [2.45, 2.75) is 0 Å². The molecule has 0 bridgehead atoms. The van der Waals surface area contributed by atoms with Crippen LogP contribution in [0.3, 0.4) is 0 Å². The predicted octanol–water partition coefficient (Wildman–Crippen LogP) is 14.4. The minimum Gasteiger partial charge on any atom is -0.455 e. The molecular weight excluding hydrogens is 631 g/mol. The Morgan fingerprint density at radius 3 is 1.67 bits per heavy atom. The van der Waals surface area contributed by atoms with E-state index in [1.807, 2.05) is 0 Å². The van der Waals surface area contributed by atoms with Gasteiger partial charge in [0.25, 0.3) is 0 Å². The first-order valence-corrected chi connectivity index (χ1v) is 17.8. The molecule has 0 spiro atoms. The van der Waals surface area contributed by atoms with Gasteiger partial charge in [-0.2, -0.15) is 0 Å². The predicted molar refractivity (Wildman–Crippen MR) is 220 cm³/mol. The summed E-state index contributed by atoms with van der Waals surface area (Å²) in [5, 5.41) is 7.07. The van der Waals surface area contributed by atoms with Gasteiger partial charge in [-0.15, -0.1) is 0 Å². The Labute approximate surface area is 302 Å². The van der Waals surface area contributed by atoms with Crippen molar-refractivity contribution in [3.63, 3.8) is 0 Å². The van der Waals surface area contributed by atoms with E-state index in [0.717, 1.165) is 55.5 Å². The Morgan fingerprint density at radius 2 is 0.885 bits per heavy atom. The Balaban J connectivity index is 1.10. The van der Waals surface area contributed by atoms with Crippen LogP contribution in [0.2, 0.25) is 0 Å². The smallest absolute Gasteiger partial charge is 0.143 e. The molecule has 0 aliphatic carbocycles. The van der Waals surface area contributed by atoms with Crippen LogP contribution in [-0.2, 0) is 0 Å². The summed E-state index contributed by atoms with van der Waals surface area (Å²) in [6, 6.07) is 71.7. The van der Waals surface area contributed by atoms with E-state index in [4.69, 9.17) is 4.42 Å². The third kappa shape index (κ3) is 5.21. The molecule has 52 heavy (non-hydrogen) atoms. The van der Waals surface area contributed by atoms with Crippen molar-refractivity contribution in [2.24, 2.45) is 0 Å². The highest BCUT2D eigenvalue weighted by Gasteiger charge is 2.19. The van der Waals surface area contributed by atoms with Crippen LogP contribution in [0, 0.1) is 0 Å². The molecule has 0 atom stereocenters. The van der Waals surface area contributed by atoms with Crippen molar-refractivity contribution in [1.29, 1.82) is 0 Å². The van der Waals surface area contributed by atoms with Crippen molar-refractivity contribution >= 4 is 60.5 Å². The number of hydrogen-bond acceptors (Lipinski definition) is 2. The van der Waals surface area contributed by atoms with Crippen molar-refractivity contribution in [3.05, 3.63) is 200 Å². The summed E-state index contributed by atoms with van der Waals surface area (Å²) in [5.74, 6) is 0. The maximum absolute atomic E-state index is 6.62. The Bertz CT molecular complexity index is 2890. The fourth-order valence-electron chi connectivity index (χ4n) is 7.62. The second-order valence-corrected chi connectivity index (χ2v) is 13.4. The molecule has 1 heterocycles. The fourth-order valence-corrected chi connectivity index (χ4v) is 7.62. The van der Waals surface area contributed by atoms with Gasteiger partial charge in [0.15, 0.2) is 0 Å². The van der Waals surface area contributed by atoms with E-state index in [0.29, 0.717) is 0 Å². The molecule has 244 valence electrons.